The third kappa shape index (κ3) is 2.39. The van der Waals surface area contributed by atoms with Gasteiger partial charge in [-0.15, -0.1) is 0 Å². The number of anilines is 2. The van der Waals surface area contributed by atoms with Crippen molar-refractivity contribution in [2.75, 3.05) is 11.9 Å². The van der Waals surface area contributed by atoms with E-state index in [4.69, 9.17) is 11.1 Å². The predicted octanol–water partition coefficient (Wildman–Crippen LogP) is 2.34. The number of amidine groups is 1. The van der Waals surface area contributed by atoms with Crippen LogP contribution in [0.1, 0.15) is 23.7 Å². The Morgan fingerprint density at radius 3 is 2.45 bits per heavy atom. The van der Waals surface area contributed by atoms with Crippen molar-refractivity contribution in [3.8, 4) is 0 Å². The van der Waals surface area contributed by atoms with Gasteiger partial charge < -0.3 is 10.6 Å². The second-order valence-electron chi connectivity index (χ2n) is 4.90. The number of aromatic nitrogens is 2. The number of rotatable bonds is 4. The molecule has 0 saturated carbocycles. The van der Waals surface area contributed by atoms with E-state index in [-0.39, 0.29) is 5.84 Å². The van der Waals surface area contributed by atoms with Crippen LogP contribution in [0.15, 0.2) is 24.3 Å². The van der Waals surface area contributed by atoms with Crippen LogP contribution in [-0.2, 0) is 13.5 Å². The molecular formula is C15H21N5. The summed E-state index contributed by atoms with van der Waals surface area (Å²) >= 11 is 0. The van der Waals surface area contributed by atoms with Gasteiger partial charge in [0, 0.05) is 19.8 Å². The molecule has 1 aromatic heterocycles. The van der Waals surface area contributed by atoms with E-state index in [0.717, 1.165) is 23.6 Å². The zero-order valence-electron chi connectivity index (χ0n) is 12.4. The van der Waals surface area contributed by atoms with E-state index in [1.165, 1.54) is 5.56 Å². The zero-order valence-corrected chi connectivity index (χ0v) is 12.4. The van der Waals surface area contributed by atoms with Crippen molar-refractivity contribution in [2.24, 2.45) is 12.8 Å². The molecule has 0 spiro atoms. The van der Waals surface area contributed by atoms with E-state index < -0.39 is 0 Å². The van der Waals surface area contributed by atoms with Crippen molar-refractivity contribution in [2.45, 2.75) is 20.3 Å². The molecule has 5 heteroatoms. The van der Waals surface area contributed by atoms with Gasteiger partial charge >= 0.3 is 0 Å². The van der Waals surface area contributed by atoms with Crippen molar-refractivity contribution in [1.29, 1.82) is 5.41 Å². The molecule has 20 heavy (non-hydrogen) atoms. The van der Waals surface area contributed by atoms with Gasteiger partial charge in [-0.25, -0.2) is 0 Å². The summed E-state index contributed by atoms with van der Waals surface area (Å²) in [5.41, 5.74) is 9.50. The van der Waals surface area contributed by atoms with Crippen molar-refractivity contribution < 1.29 is 0 Å². The average molecular weight is 271 g/mol. The minimum Gasteiger partial charge on any atom is -0.384 e. The third-order valence-corrected chi connectivity index (χ3v) is 3.51. The number of aryl methyl sites for hydroxylation is 3. The fourth-order valence-corrected chi connectivity index (χ4v) is 2.42. The van der Waals surface area contributed by atoms with Crippen molar-refractivity contribution in [1.82, 2.24) is 9.78 Å². The molecular weight excluding hydrogens is 250 g/mol. The van der Waals surface area contributed by atoms with Gasteiger partial charge in [0.25, 0.3) is 0 Å². The van der Waals surface area contributed by atoms with Gasteiger partial charge in [-0.3, -0.25) is 10.1 Å². The summed E-state index contributed by atoms with van der Waals surface area (Å²) in [4.78, 5) is 2.01. The topological polar surface area (TPSA) is 70.9 Å². The smallest absolute Gasteiger partial charge is 0.142 e. The fraction of sp³-hybridized carbons (Fsp3) is 0.333. The number of hydrogen-bond donors (Lipinski definition) is 2. The summed E-state index contributed by atoms with van der Waals surface area (Å²) in [6.07, 6.45) is 1.02. The van der Waals surface area contributed by atoms with Gasteiger partial charge in [0.05, 0.1) is 11.3 Å². The number of benzene rings is 1. The third-order valence-electron chi connectivity index (χ3n) is 3.51. The van der Waals surface area contributed by atoms with E-state index in [0.29, 0.717) is 5.56 Å². The molecule has 0 radical (unpaired) electrons. The first-order chi connectivity index (χ1) is 9.45. The minimum absolute atomic E-state index is 0.0441. The molecule has 0 aliphatic carbocycles. The van der Waals surface area contributed by atoms with Gasteiger partial charge in [0.1, 0.15) is 11.7 Å². The Kier molecular flexibility index (Phi) is 3.79. The van der Waals surface area contributed by atoms with Gasteiger partial charge in [-0.05, 0) is 31.0 Å². The molecule has 1 aromatic carbocycles. The summed E-state index contributed by atoms with van der Waals surface area (Å²) in [5.74, 6) is 0.877. The molecule has 106 valence electrons. The number of hydrogen-bond acceptors (Lipinski definition) is 3. The van der Waals surface area contributed by atoms with Crippen LogP contribution in [0.25, 0.3) is 0 Å². The summed E-state index contributed by atoms with van der Waals surface area (Å²) in [5, 5.41) is 12.1. The van der Waals surface area contributed by atoms with Crippen LogP contribution in [0, 0.1) is 12.3 Å². The Morgan fingerprint density at radius 2 is 1.95 bits per heavy atom. The Balaban J connectivity index is 2.47. The van der Waals surface area contributed by atoms with Gasteiger partial charge in [-0.2, -0.15) is 5.10 Å². The van der Waals surface area contributed by atoms with Crippen molar-refractivity contribution in [3.63, 3.8) is 0 Å². The molecule has 2 rings (SSSR count). The highest BCUT2D eigenvalue weighted by Crippen LogP contribution is 2.28. The first kappa shape index (κ1) is 14.1. The van der Waals surface area contributed by atoms with Crippen LogP contribution < -0.4 is 10.6 Å². The van der Waals surface area contributed by atoms with Gasteiger partial charge in [0.2, 0.25) is 0 Å². The standard InChI is InChI=1S/C15H21N5/c1-5-11-6-8-12(9-7-11)19(3)15-13(14(16)17)10(2)18-20(15)4/h6-9H,5H2,1-4H3,(H3,16,17). The molecule has 5 nitrogen and oxygen atoms in total. The molecule has 0 amide bonds. The highest BCUT2D eigenvalue weighted by Gasteiger charge is 2.19. The molecule has 0 bridgehead atoms. The maximum atomic E-state index is 7.75. The molecule has 0 aliphatic rings. The normalized spacial score (nSPS) is 10.6. The van der Waals surface area contributed by atoms with Gasteiger partial charge in [-0.1, -0.05) is 19.1 Å². The second-order valence-corrected chi connectivity index (χ2v) is 4.90. The fourth-order valence-electron chi connectivity index (χ4n) is 2.42. The van der Waals surface area contributed by atoms with Crippen LogP contribution >= 0.6 is 0 Å². The number of nitrogens with one attached hydrogen (secondary N) is 1. The van der Waals surface area contributed by atoms with Crippen LogP contribution in [0.3, 0.4) is 0 Å². The Morgan fingerprint density at radius 1 is 1.35 bits per heavy atom. The Bertz CT molecular complexity index is 624. The zero-order chi connectivity index (χ0) is 14.9. The van der Waals surface area contributed by atoms with Crippen molar-refractivity contribution in [3.05, 3.63) is 41.1 Å². The van der Waals surface area contributed by atoms with Crippen molar-refractivity contribution >= 4 is 17.3 Å². The van der Waals surface area contributed by atoms with Gasteiger partial charge in [0.15, 0.2) is 0 Å². The SMILES string of the molecule is CCc1ccc(N(C)c2c(C(=N)N)c(C)nn2C)cc1. The Hall–Kier alpha value is -2.30. The van der Waals surface area contributed by atoms with E-state index >= 15 is 0 Å². The molecule has 2 aromatic rings. The molecule has 1 heterocycles. The quantitative estimate of drug-likeness (QED) is 0.662. The van der Waals surface area contributed by atoms with Crippen LogP contribution in [0.2, 0.25) is 0 Å². The monoisotopic (exact) mass is 271 g/mol. The number of nitrogens with zero attached hydrogens (tertiary/aromatic N) is 3. The number of nitrogens with two attached hydrogens (primary N) is 1. The summed E-state index contributed by atoms with van der Waals surface area (Å²) in [6, 6.07) is 8.38. The molecule has 0 aliphatic heterocycles. The number of nitrogen functional groups attached to an aromatic ring is 1. The lowest BCUT2D eigenvalue weighted by Crippen LogP contribution is -2.20. The molecule has 3 N–H and O–H groups in total. The highest BCUT2D eigenvalue weighted by molar-refractivity contribution is 6.01. The van der Waals surface area contributed by atoms with Crippen LogP contribution in [-0.4, -0.2) is 22.7 Å². The maximum Gasteiger partial charge on any atom is 0.142 e. The van der Waals surface area contributed by atoms with E-state index in [9.17, 15) is 0 Å². The Labute approximate surface area is 119 Å². The lowest BCUT2D eigenvalue weighted by molar-refractivity contribution is 0.750. The largest absolute Gasteiger partial charge is 0.384 e. The lowest BCUT2D eigenvalue weighted by atomic mass is 10.1. The van der Waals surface area contributed by atoms with Crippen LogP contribution in [0.4, 0.5) is 11.5 Å². The molecule has 0 unspecified atom stereocenters. The lowest BCUT2D eigenvalue weighted by Gasteiger charge is -2.21. The van der Waals surface area contributed by atoms with E-state index in [1.54, 1.807) is 4.68 Å². The highest BCUT2D eigenvalue weighted by atomic mass is 15.4. The molecule has 0 saturated heterocycles. The van der Waals surface area contributed by atoms with Crippen LogP contribution in [0.5, 0.6) is 0 Å². The minimum atomic E-state index is 0.0441. The summed E-state index contributed by atoms with van der Waals surface area (Å²) < 4.78 is 1.76. The average Bonchev–Trinajstić information content (AvgIpc) is 2.72. The molecule has 0 fully saturated rings. The molecule has 0 atom stereocenters. The maximum absolute atomic E-state index is 7.75. The summed E-state index contributed by atoms with van der Waals surface area (Å²) in [7, 11) is 3.83. The predicted molar refractivity (Wildman–Crippen MR) is 82.8 cm³/mol. The first-order valence-electron chi connectivity index (χ1n) is 6.66. The second kappa shape index (κ2) is 5.36. The van der Waals surface area contributed by atoms with E-state index in [2.05, 4.69) is 36.3 Å². The van der Waals surface area contributed by atoms with E-state index in [1.807, 2.05) is 25.9 Å². The first-order valence-corrected chi connectivity index (χ1v) is 6.66. The summed E-state index contributed by atoms with van der Waals surface area (Å²) in [6.45, 7) is 4.01.